The third-order valence-electron chi connectivity index (χ3n) is 4.31. The van der Waals surface area contributed by atoms with Crippen molar-refractivity contribution < 1.29 is 8.42 Å². The molecule has 3 N–H and O–H groups in total. The summed E-state index contributed by atoms with van der Waals surface area (Å²) < 4.78 is 28.1. The summed E-state index contributed by atoms with van der Waals surface area (Å²) in [6.45, 7) is 0. The van der Waals surface area contributed by atoms with E-state index in [1.807, 2.05) is 30.3 Å². The lowest BCUT2D eigenvalue weighted by Gasteiger charge is -2.11. The molecule has 0 aliphatic heterocycles. The summed E-state index contributed by atoms with van der Waals surface area (Å²) in [5, 5.41) is -0.0893. The van der Waals surface area contributed by atoms with Gasteiger partial charge in [0.05, 0.1) is 16.1 Å². The molecule has 4 rings (SSSR count). The first kappa shape index (κ1) is 19.0. The Morgan fingerprint density at radius 1 is 0.759 bits per heavy atom. The van der Waals surface area contributed by atoms with Gasteiger partial charge in [0.15, 0.2) is 0 Å². The zero-order chi connectivity index (χ0) is 20.6. The Kier molecular flexibility index (Phi) is 4.73. The van der Waals surface area contributed by atoms with E-state index in [0.29, 0.717) is 5.69 Å². The van der Waals surface area contributed by atoms with Gasteiger partial charge in [-0.1, -0.05) is 54.1 Å². The van der Waals surface area contributed by atoms with E-state index in [-0.39, 0.29) is 21.0 Å². The third kappa shape index (κ3) is 3.80. The molecule has 0 atom stereocenters. The molecule has 0 saturated carbocycles. The molecule has 9 heteroatoms. The van der Waals surface area contributed by atoms with Gasteiger partial charge in [-0.3, -0.25) is 14.3 Å². The second-order valence-corrected chi connectivity index (χ2v) is 8.34. The van der Waals surface area contributed by atoms with Crippen molar-refractivity contribution in [1.29, 1.82) is 0 Å². The van der Waals surface area contributed by atoms with Crippen LogP contribution in [-0.2, 0) is 10.0 Å². The van der Waals surface area contributed by atoms with Gasteiger partial charge < -0.3 is 9.97 Å². The van der Waals surface area contributed by atoms with E-state index in [0.717, 1.165) is 11.1 Å². The molecule has 7 nitrogen and oxygen atoms in total. The van der Waals surface area contributed by atoms with Crippen molar-refractivity contribution >= 4 is 38.3 Å². The van der Waals surface area contributed by atoms with Gasteiger partial charge in [0.2, 0.25) is 0 Å². The SMILES string of the molecule is O=c1[nH]c2cc(Cl)c(S(=O)(=O)Nc3ccc(-c4ccccc4)cc3)cc2[nH]c1=O. The molecule has 29 heavy (non-hydrogen) atoms. The molecular formula is C20H14ClN3O4S. The summed E-state index contributed by atoms with van der Waals surface area (Å²) in [6, 6.07) is 19.1. The van der Waals surface area contributed by atoms with Crippen molar-refractivity contribution in [3.05, 3.63) is 92.5 Å². The summed E-state index contributed by atoms with van der Waals surface area (Å²) in [5.41, 5.74) is 0.963. The molecule has 1 aromatic heterocycles. The molecule has 0 fully saturated rings. The summed E-state index contributed by atoms with van der Waals surface area (Å²) in [7, 11) is -4.03. The van der Waals surface area contributed by atoms with E-state index in [4.69, 9.17) is 11.6 Å². The van der Waals surface area contributed by atoms with E-state index in [1.165, 1.54) is 12.1 Å². The molecule has 1 heterocycles. The van der Waals surface area contributed by atoms with Gasteiger partial charge >= 0.3 is 11.1 Å². The summed E-state index contributed by atoms with van der Waals surface area (Å²) >= 11 is 6.12. The molecule has 0 aliphatic rings. The Bertz CT molecular complexity index is 1430. The smallest absolute Gasteiger partial charge is 0.314 e. The minimum Gasteiger partial charge on any atom is -0.316 e. The van der Waals surface area contributed by atoms with Crippen LogP contribution >= 0.6 is 11.6 Å². The molecule has 146 valence electrons. The summed E-state index contributed by atoms with van der Waals surface area (Å²) in [5.74, 6) is 0. The van der Waals surface area contributed by atoms with Crippen molar-refractivity contribution in [3.63, 3.8) is 0 Å². The van der Waals surface area contributed by atoms with Crippen molar-refractivity contribution in [2.45, 2.75) is 4.90 Å². The highest BCUT2D eigenvalue weighted by molar-refractivity contribution is 7.92. The average molecular weight is 428 g/mol. The van der Waals surface area contributed by atoms with Crippen LogP contribution in [0.5, 0.6) is 0 Å². The van der Waals surface area contributed by atoms with E-state index >= 15 is 0 Å². The number of sulfonamides is 1. The number of rotatable bonds is 4. The van der Waals surface area contributed by atoms with Crippen LogP contribution in [0.4, 0.5) is 5.69 Å². The Morgan fingerprint density at radius 3 is 1.93 bits per heavy atom. The number of H-pyrrole nitrogens is 2. The number of halogens is 1. The normalized spacial score (nSPS) is 11.5. The number of hydrogen-bond acceptors (Lipinski definition) is 4. The Labute approximate surface area is 170 Å². The fraction of sp³-hybridized carbons (Fsp3) is 0. The number of benzene rings is 3. The minimum atomic E-state index is -4.03. The van der Waals surface area contributed by atoms with Crippen LogP contribution in [0.1, 0.15) is 0 Å². The first-order chi connectivity index (χ1) is 13.8. The zero-order valence-corrected chi connectivity index (χ0v) is 16.3. The highest BCUT2D eigenvalue weighted by Gasteiger charge is 2.20. The standard InChI is InChI=1S/C20H14ClN3O4S/c21-15-10-16-17(23-20(26)19(25)22-16)11-18(15)29(27,28)24-14-8-6-13(7-9-14)12-4-2-1-3-5-12/h1-11,24H,(H,22,25)(H,23,26). The van der Waals surface area contributed by atoms with Crippen LogP contribution in [0.15, 0.2) is 81.2 Å². The number of anilines is 1. The maximum atomic E-state index is 12.8. The number of aromatic amines is 2. The van der Waals surface area contributed by atoms with Gasteiger partial charge in [0, 0.05) is 5.69 Å². The Balaban J connectivity index is 1.68. The number of hydrogen-bond donors (Lipinski definition) is 3. The molecule has 0 spiro atoms. The van der Waals surface area contributed by atoms with Gasteiger partial charge in [0.1, 0.15) is 4.90 Å². The molecule has 0 amide bonds. The van der Waals surface area contributed by atoms with Crippen LogP contribution in [0.3, 0.4) is 0 Å². The second kappa shape index (κ2) is 7.23. The largest absolute Gasteiger partial charge is 0.316 e. The Hall–Kier alpha value is -3.36. The quantitative estimate of drug-likeness (QED) is 0.433. The van der Waals surface area contributed by atoms with Crippen molar-refractivity contribution in [2.75, 3.05) is 4.72 Å². The fourth-order valence-electron chi connectivity index (χ4n) is 2.90. The van der Waals surface area contributed by atoms with Crippen LogP contribution in [0.25, 0.3) is 22.2 Å². The Morgan fingerprint density at radius 2 is 1.31 bits per heavy atom. The van der Waals surface area contributed by atoms with Crippen LogP contribution in [0, 0.1) is 0 Å². The topological polar surface area (TPSA) is 112 Å². The lowest BCUT2D eigenvalue weighted by Crippen LogP contribution is -2.29. The molecule has 0 radical (unpaired) electrons. The zero-order valence-electron chi connectivity index (χ0n) is 14.8. The lowest BCUT2D eigenvalue weighted by molar-refractivity contribution is 0.601. The molecule has 3 aromatic carbocycles. The predicted molar refractivity (Wildman–Crippen MR) is 113 cm³/mol. The lowest BCUT2D eigenvalue weighted by atomic mass is 10.1. The number of nitrogens with one attached hydrogen (secondary N) is 3. The van der Waals surface area contributed by atoms with Gasteiger partial charge in [-0.05, 0) is 35.4 Å². The monoisotopic (exact) mass is 427 g/mol. The highest BCUT2D eigenvalue weighted by atomic mass is 35.5. The second-order valence-electron chi connectivity index (χ2n) is 6.29. The molecule has 0 saturated heterocycles. The van der Waals surface area contributed by atoms with E-state index in [2.05, 4.69) is 14.7 Å². The highest BCUT2D eigenvalue weighted by Crippen LogP contribution is 2.28. The predicted octanol–water partition coefficient (Wildman–Crippen LogP) is 3.34. The average Bonchev–Trinajstić information content (AvgIpc) is 2.70. The van der Waals surface area contributed by atoms with Gasteiger partial charge in [-0.25, -0.2) is 8.42 Å². The minimum absolute atomic E-state index is 0.0893. The van der Waals surface area contributed by atoms with Crippen molar-refractivity contribution in [1.82, 2.24) is 9.97 Å². The summed E-state index contributed by atoms with van der Waals surface area (Å²) in [4.78, 5) is 27.4. The molecule has 0 bridgehead atoms. The molecule has 0 unspecified atom stereocenters. The molecule has 4 aromatic rings. The van der Waals surface area contributed by atoms with Gasteiger partial charge in [-0.2, -0.15) is 0 Å². The number of aromatic nitrogens is 2. The first-order valence-corrected chi connectivity index (χ1v) is 10.3. The number of fused-ring (bicyclic) bond motifs is 1. The third-order valence-corrected chi connectivity index (χ3v) is 6.15. The van der Waals surface area contributed by atoms with E-state index < -0.39 is 21.1 Å². The maximum absolute atomic E-state index is 12.8. The van der Waals surface area contributed by atoms with Crippen LogP contribution in [0.2, 0.25) is 5.02 Å². The van der Waals surface area contributed by atoms with Gasteiger partial charge in [-0.15, -0.1) is 0 Å². The fourth-order valence-corrected chi connectivity index (χ4v) is 4.51. The van der Waals surface area contributed by atoms with Crippen LogP contribution < -0.4 is 15.8 Å². The van der Waals surface area contributed by atoms with Crippen molar-refractivity contribution in [3.8, 4) is 11.1 Å². The molecular weight excluding hydrogens is 414 g/mol. The van der Waals surface area contributed by atoms with E-state index in [1.54, 1.807) is 24.3 Å². The molecule has 0 aliphatic carbocycles. The van der Waals surface area contributed by atoms with Crippen molar-refractivity contribution in [2.24, 2.45) is 0 Å². The first-order valence-electron chi connectivity index (χ1n) is 8.48. The van der Waals surface area contributed by atoms with Crippen LogP contribution in [-0.4, -0.2) is 18.4 Å². The van der Waals surface area contributed by atoms with E-state index in [9.17, 15) is 18.0 Å². The maximum Gasteiger partial charge on any atom is 0.314 e. The van der Waals surface area contributed by atoms with Gasteiger partial charge in [0.25, 0.3) is 10.0 Å². The summed E-state index contributed by atoms with van der Waals surface area (Å²) in [6.07, 6.45) is 0.